The van der Waals surface area contributed by atoms with E-state index in [9.17, 15) is 18.0 Å². The van der Waals surface area contributed by atoms with E-state index in [2.05, 4.69) is 12.2 Å². The molecule has 2 saturated carbocycles. The van der Waals surface area contributed by atoms with Crippen LogP contribution < -0.4 is 10.2 Å². The van der Waals surface area contributed by atoms with Gasteiger partial charge in [-0.05, 0) is 92.8 Å². The van der Waals surface area contributed by atoms with Gasteiger partial charge in [0.1, 0.15) is 5.84 Å². The fraction of sp³-hybridized carbons (Fsp3) is 0.516. The predicted octanol–water partition coefficient (Wildman–Crippen LogP) is 6.24. The Kier molecular flexibility index (Phi) is 6.57. The van der Waals surface area contributed by atoms with E-state index in [1.807, 2.05) is 12.1 Å². The molecule has 41 heavy (non-hydrogen) atoms. The number of anilines is 1. The lowest BCUT2D eigenvalue weighted by Gasteiger charge is -2.55. The standard InChI is InChI=1S/C31H36F3N5O2.H2/c1-28(8-4-9-28)37-15-20-12-23-24(25(13-20)31(32,33)34)16-39(26(23)40)22-7-3-6-21(14-22)30(27(36)38(2)19-35)17-29(18-30)10-5-11-41-29;/h3,6-7,12-14,19,35-37H,4-5,8-11,15-18H2,1-2H3;1H. The number of carbonyl (C=O) groups is 1. The van der Waals surface area contributed by atoms with Crippen LogP contribution >= 0.6 is 0 Å². The normalized spacial score (nSPS) is 26.5. The second kappa shape index (κ2) is 9.66. The first kappa shape index (κ1) is 27.9. The molecule has 0 unspecified atom stereocenters. The molecule has 0 bridgehead atoms. The highest BCUT2D eigenvalue weighted by Gasteiger charge is 2.60. The Morgan fingerprint density at radius 3 is 2.56 bits per heavy atom. The fourth-order valence-corrected chi connectivity index (χ4v) is 7.20. The summed E-state index contributed by atoms with van der Waals surface area (Å²) in [6.45, 7) is 2.85. The summed E-state index contributed by atoms with van der Waals surface area (Å²) in [5.41, 5.74) is -0.0108. The molecule has 1 saturated heterocycles. The van der Waals surface area contributed by atoms with Gasteiger partial charge in [0.25, 0.3) is 5.91 Å². The van der Waals surface area contributed by atoms with Gasteiger partial charge in [-0.2, -0.15) is 13.2 Å². The number of hydrogen-bond donors (Lipinski definition) is 3. The Hall–Kier alpha value is -3.24. The summed E-state index contributed by atoms with van der Waals surface area (Å²) in [6.07, 6.45) is 2.62. The summed E-state index contributed by atoms with van der Waals surface area (Å²) in [6, 6.07) is 10.0. The van der Waals surface area contributed by atoms with Crippen molar-refractivity contribution in [1.29, 1.82) is 10.8 Å². The second-order valence-corrected chi connectivity index (χ2v) is 12.5. The van der Waals surface area contributed by atoms with Crippen LogP contribution in [0.3, 0.4) is 0 Å². The number of carbonyl (C=O) groups excluding carboxylic acids is 1. The maximum Gasteiger partial charge on any atom is 0.416 e. The van der Waals surface area contributed by atoms with Gasteiger partial charge in [-0.15, -0.1) is 0 Å². The highest BCUT2D eigenvalue weighted by Crippen LogP contribution is 2.57. The largest absolute Gasteiger partial charge is 0.416 e. The molecule has 3 N–H and O–H groups in total. The van der Waals surface area contributed by atoms with E-state index in [0.29, 0.717) is 30.7 Å². The van der Waals surface area contributed by atoms with Crippen LogP contribution in [0.15, 0.2) is 36.4 Å². The number of likely N-dealkylation sites (N-methyl/N-ethyl adjacent to an activating group) is 1. The number of alkyl halides is 3. The molecule has 1 spiro atoms. The maximum absolute atomic E-state index is 14.2. The van der Waals surface area contributed by atoms with Crippen LogP contribution in [0.2, 0.25) is 0 Å². The van der Waals surface area contributed by atoms with Gasteiger partial charge < -0.3 is 19.9 Å². The molecule has 0 atom stereocenters. The van der Waals surface area contributed by atoms with Gasteiger partial charge in [0.2, 0.25) is 0 Å². The van der Waals surface area contributed by atoms with Crippen LogP contribution in [0.5, 0.6) is 0 Å². The SMILES string of the molecule is CN(C=N)C(=N)C1(c2cccc(N3Cc4c(cc(CNC5(C)CCC5)cc4C(F)(F)F)C3=O)c2)CC2(CCCO2)C1.[HH]. The summed E-state index contributed by atoms with van der Waals surface area (Å²) < 4.78 is 48.8. The number of benzene rings is 2. The monoisotopic (exact) mass is 569 g/mol. The van der Waals surface area contributed by atoms with E-state index in [4.69, 9.17) is 15.6 Å². The second-order valence-electron chi connectivity index (χ2n) is 12.5. The Balaban J connectivity index is 0.00000353. The number of rotatable bonds is 7. The van der Waals surface area contributed by atoms with Crippen molar-refractivity contribution in [2.75, 3.05) is 18.6 Å². The smallest absolute Gasteiger partial charge is 0.375 e. The van der Waals surface area contributed by atoms with Crippen molar-refractivity contribution in [2.24, 2.45) is 0 Å². The molecule has 1 amide bonds. The zero-order valence-corrected chi connectivity index (χ0v) is 23.5. The quantitative estimate of drug-likeness (QED) is 0.272. The van der Waals surface area contributed by atoms with Gasteiger partial charge in [-0.1, -0.05) is 12.1 Å². The molecule has 2 aliphatic heterocycles. The maximum atomic E-state index is 14.2. The summed E-state index contributed by atoms with van der Waals surface area (Å²) in [5.74, 6) is -0.192. The number of halogens is 3. The Labute approximate surface area is 239 Å². The van der Waals surface area contributed by atoms with Crippen molar-refractivity contribution >= 4 is 23.8 Å². The molecule has 220 valence electrons. The number of amidine groups is 1. The van der Waals surface area contributed by atoms with Gasteiger partial charge in [-0.3, -0.25) is 15.6 Å². The number of nitrogens with one attached hydrogen (secondary N) is 3. The first-order chi connectivity index (χ1) is 19.4. The molecule has 10 heteroatoms. The third-order valence-corrected chi connectivity index (χ3v) is 9.73. The zero-order chi connectivity index (χ0) is 29.2. The summed E-state index contributed by atoms with van der Waals surface area (Å²) in [5, 5.41) is 20.0. The van der Waals surface area contributed by atoms with Crippen molar-refractivity contribution in [3.05, 3.63) is 64.2 Å². The molecule has 0 radical (unpaired) electrons. The van der Waals surface area contributed by atoms with Crippen molar-refractivity contribution in [3.8, 4) is 0 Å². The molecule has 2 aliphatic carbocycles. The molecule has 0 aromatic heterocycles. The molecular weight excluding hydrogens is 531 g/mol. The van der Waals surface area contributed by atoms with Crippen molar-refractivity contribution in [2.45, 2.75) is 87.7 Å². The Morgan fingerprint density at radius 2 is 1.95 bits per heavy atom. The number of amides is 1. The van der Waals surface area contributed by atoms with Crippen molar-refractivity contribution in [1.82, 2.24) is 10.2 Å². The first-order valence-electron chi connectivity index (χ1n) is 14.3. The van der Waals surface area contributed by atoms with Crippen LogP contribution in [-0.4, -0.2) is 47.8 Å². The minimum Gasteiger partial charge on any atom is -0.375 e. The summed E-state index contributed by atoms with van der Waals surface area (Å²) >= 11 is 0. The summed E-state index contributed by atoms with van der Waals surface area (Å²) in [7, 11) is 1.67. The zero-order valence-electron chi connectivity index (χ0n) is 23.5. The van der Waals surface area contributed by atoms with Gasteiger partial charge >= 0.3 is 6.18 Å². The number of nitrogens with zero attached hydrogens (tertiary/aromatic N) is 2. The molecule has 7 nitrogen and oxygen atoms in total. The molecule has 2 aromatic rings. The van der Waals surface area contributed by atoms with Crippen LogP contribution in [0.25, 0.3) is 0 Å². The average molecular weight is 570 g/mol. The number of ether oxygens (including phenoxy) is 1. The van der Waals surface area contributed by atoms with E-state index in [1.165, 1.54) is 15.9 Å². The van der Waals surface area contributed by atoms with E-state index < -0.39 is 23.1 Å². The van der Waals surface area contributed by atoms with Crippen LogP contribution in [0.4, 0.5) is 18.9 Å². The van der Waals surface area contributed by atoms with Crippen LogP contribution in [-0.2, 0) is 29.4 Å². The van der Waals surface area contributed by atoms with Crippen molar-refractivity contribution in [3.63, 3.8) is 0 Å². The Morgan fingerprint density at radius 1 is 1.20 bits per heavy atom. The third kappa shape index (κ3) is 4.65. The van der Waals surface area contributed by atoms with Gasteiger partial charge in [0.05, 0.1) is 29.5 Å². The number of hydrogen-bond acceptors (Lipinski definition) is 5. The lowest BCUT2D eigenvalue weighted by molar-refractivity contribution is -0.138. The molecule has 2 aromatic carbocycles. The van der Waals surface area contributed by atoms with Crippen LogP contribution in [0, 0.1) is 10.8 Å². The Bertz CT molecular complexity index is 1410. The minimum atomic E-state index is -4.59. The van der Waals surface area contributed by atoms with E-state index in [0.717, 1.165) is 44.0 Å². The topological polar surface area (TPSA) is 92.5 Å². The van der Waals surface area contributed by atoms with Gasteiger partial charge in [-0.25, -0.2) is 0 Å². The highest BCUT2D eigenvalue weighted by atomic mass is 19.4. The lowest BCUT2D eigenvalue weighted by Crippen LogP contribution is -2.61. The molecule has 6 rings (SSSR count). The molecule has 4 aliphatic rings. The highest BCUT2D eigenvalue weighted by molar-refractivity contribution is 6.10. The first-order valence-corrected chi connectivity index (χ1v) is 14.3. The van der Waals surface area contributed by atoms with E-state index in [1.54, 1.807) is 25.2 Å². The van der Waals surface area contributed by atoms with E-state index in [-0.39, 0.29) is 42.6 Å². The van der Waals surface area contributed by atoms with E-state index >= 15 is 0 Å². The fourth-order valence-electron chi connectivity index (χ4n) is 7.20. The third-order valence-electron chi connectivity index (χ3n) is 9.73. The summed E-state index contributed by atoms with van der Waals surface area (Å²) in [4.78, 5) is 16.6. The molecule has 3 fully saturated rings. The van der Waals surface area contributed by atoms with Gasteiger partial charge in [0.15, 0.2) is 0 Å². The van der Waals surface area contributed by atoms with Crippen LogP contribution in [0.1, 0.15) is 85.9 Å². The number of fused-ring (bicyclic) bond motifs is 1. The average Bonchev–Trinajstić information content (AvgIpc) is 3.53. The molecule has 2 heterocycles. The minimum absolute atomic E-state index is 0. The van der Waals surface area contributed by atoms with Crippen molar-refractivity contribution < 1.29 is 24.1 Å². The molecular formula is C31H38F3N5O2. The lowest BCUT2D eigenvalue weighted by atomic mass is 9.54. The van der Waals surface area contributed by atoms with Gasteiger partial charge in [0, 0.05) is 38.4 Å². The predicted molar refractivity (Wildman–Crippen MR) is 153 cm³/mol.